The average Bonchev–Trinajstić information content (AvgIpc) is 3.13. The van der Waals surface area contributed by atoms with Gasteiger partial charge in [-0.15, -0.1) is 0 Å². The van der Waals surface area contributed by atoms with Gasteiger partial charge in [-0.1, -0.05) is 6.92 Å². The van der Waals surface area contributed by atoms with E-state index in [2.05, 4.69) is 45.8 Å². The van der Waals surface area contributed by atoms with Crippen molar-refractivity contribution in [2.75, 3.05) is 25.0 Å². The van der Waals surface area contributed by atoms with Crippen molar-refractivity contribution in [3.05, 3.63) is 34.5 Å². The van der Waals surface area contributed by atoms with Crippen molar-refractivity contribution in [1.82, 2.24) is 24.6 Å². The van der Waals surface area contributed by atoms with Crippen molar-refractivity contribution in [1.29, 1.82) is 0 Å². The molecule has 1 unspecified atom stereocenters. The van der Waals surface area contributed by atoms with E-state index in [1.54, 1.807) is 0 Å². The number of likely N-dealkylation sites (tertiary alicyclic amines) is 1. The molecule has 27 heavy (non-hydrogen) atoms. The smallest absolute Gasteiger partial charge is 0.222 e. The number of carbonyl (C=O) groups excluding carboxylic acids is 1. The number of nitrogens with zero attached hydrogens (tertiary/aromatic N) is 5. The number of rotatable bonds is 7. The maximum absolute atomic E-state index is 11.7. The number of aromatic nitrogens is 4. The van der Waals surface area contributed by atoms with Crippen molar-refractivity contribution >= 4 is 11.7 Å². The molecule has 1 saturated heterocycles. The monoisotopic (exact) mass is 370 g/mol. The topological polar surface area (TPSA) is 75.9 Å². The van der Waals surface area contributed by atoms with Crippen LogP contribution in [-0.4, -0.2) is 50.2 Å². The second-order valence-electron chi connectivity index (χ2n) is 7.52. The van der Waals surface area contributed by atoms with E-state index in [1.165, 1.54) is 11.3 Å². The fraction of sp³-hybridized carbons (Fsp3) is 0.600. The average molecular weight is 371 g/mol. The summed E-state index contributed by atoms with van der Waals surface area (Å²) in [5, 5.41) is 7.99. The Kier molecular flexibility index (Phi) is 5.77. The summed E-state index contributed by atoms with van der Waals surface area (Å²) in [5.74, 6) is 2.05. The van der Waals surface area contributed by atoms with Crippen molar-refractivity contribution in [2.24, 2.45) is 0 Å². The Labute approximate surface area is 161 Å². The molecule has 1 amide bonds. The molecule has 3 rings (SSSR count). The molecule has 2 aromatic rings. The molecule has 0 saturated carbocycles. The zero-order valence-electron chi connectivity index (χ0n) is 17.0. The number of hydrogen-bond acceptors (Lipinski definition) is 5. The summed E-state index contributed by atoms with van der Waals surface area (Å²) in [4.78, 5) is 22.7. The summed E-state index contributed by atoms with van der Waals surface area (Å²) in [6.45, 7) is 13.4. The molecule has 7 heteroatoms. The van der Waals surface area contributed by atoms with Gasteiger partial charge in [-0.2, -0.15) is 5.10 Å². The SMILES string of the molecule is Cc1nc(NCCN2CCCC2=O)cc(C(C)Cn2nc(C)c(C)c2C)n1. The Balaban J connectivity index is 1.65. The molecular weight excluding hydrogens is 340 g/mol. The lowest BCUT2D eigenvalue weighted by Crippen LogP contribution is -2.30. The largest absolute Gasteiger partial charge is 0.368 e. The summed E-state index contributed by atoms with van der Waals surface area (Å²) >= 11 is 0. The van der Waals surface area contributed by atoms with Crippen LogP contribution in [0.25, 0.3) is 0 Å². The van der Waals surface area contributed by atoms with Crippen molar-refractivity contribution in [3.8, 4) is 0 Å². The summed E-state index contributed by atoms with van der Waals surface area (Å²) in [5.41, 5.74) is 4.54. The molecule has 1 aliphatic rings. The first-order chi connectivity index (χ1) is 12.8. The Bertz CT molecular complexity index is 828. The number of hydrogen-bond donors (Lipinski definition) is 1. The van der Waals surface area contributed by atoms with Crippen LogP contribution in [0.3, 0.4) is 0 Å². The predicted octanol–water partition coefficient (Wildman–Crippen LogP) is 2.74. The first kappa shape index (κ1) is 19.3. The molecular formula is C20H30N6O. The minimum Gasteiger partial charge on any atom is -0.368 e. The second kappa shape index (κ2) is 8.06. The third kappa shape index (κ3) is 4.46. The zero-order chi connectivity index (χ0) is 19.6. The van der Waals surface area contributed by atoms with Gasteiger partial charge in [0, 0.05) is 50.3 Å². The van der Waals surface area contributed by atoms with E-state index >= 15 is 0 Å². The highest BCUT2D eigenvalue weighted by atomic mass is 16.2. The van der Waals surface area contributed by atoms with E-state index in [0.29, 0.717) is 13.0 Å². The van der Waals surface area contributed by atoms with E-state index < -0.39 is 0 Å². The molecule has 2 aromatic heterocycles. The van der Waals surface area contributed by atoms with Crippen LogP contribution in [0.2, 0.25) is 0 Å². The molecule has 3 heterocycles. The molecule has 1 atom stereocenters. The first-order valence-electron chi connectivity index (χ1n) is 9.73. The van der Waals surface area contributed by atoms with Crippen molar-refractivity contribution in [3.63, 3.8) is 0 Å². The molecule has 1 N–H and O–H groups in total. The molecule has 0 spiro atoms. The van der Waals surface area contributed by atoms with Crippen LogP contribution in [0.1, 0.15) is 54.2 Å². The normalized spacial score (nSPS) is 15.4. The number of amides is 1. The van der Waals surface area contributed by atoms with Crippen molar-refractivity contribution < 1.29 is 4.79 Å². The first-order valence-corrected chi connectivity index (χ1v) is 9.73. The standard InChI is InChI=1S/C20H30N6O/c1-13(12-26-16(4)14(2)15(3)24-26)18-11-19(23-17(5)22-18)21-8-10-25-9-6-7-20(25)27/h11,13H,6-10,12H2,1-5H3,(H,21,22,23). The Morgan fingerprint density at radius 1 is 1.22 bits per heavy atom. The molecule has 0 aromatic carbocycles. The number of anilines is 1. The van der Waals surface area contributed by atoms with Gasteiger partial charge in [0.15, 0.2) is 0 Å². The quantitative estimate of drug-likeness (QED) is 0.811. The van der Waals surface area contributed by atoms with E-state index in [9.17, 15) is 4.79 Å². The van der Waals surface area contributed by atoms with Gasteiger partial charge in [0.1, 0.15) is 11.6 Å². The lowest BCUT2D eigenvalue weighted by Gasteiger charge is -2.17. The van der Waals surface area contributed by atoms with Crippen LogP contribution in [0, 0.1) is 27.7 Å². The molecule has 1 fully saturated rings. The van der Waals surface area contributed by atoms with Gasteiger partial charge < -0.3 is 10.2 Å². The predicted molar refractivity (Wildman–Crippen MR) is 106 cm³/mol. The van der Waals surface area contributed by atoms with Gasteiger partial charge >= 0.3 is 0 Å². The van der Waals surface area contributed by atoms with Gasteiger partial charge in [0.05, 0.1) is 11.4 Å². The Morgan fingerprint density at radius 3 is 2.63 bits per heavy atom. The fourth-order valence-corrected chi connectivity index (χ4v) is 3.51. The molecule has 1 aliphatic heterocycles. The molecule has 0 radical (unpaired) electrons. The maximum Gasteiger partial charge on any atom is 0.222 e. The van der Waals surface area contributed by atoms with Gasteiger partial charge in [-0.25, -0.2) is 9.97 Å². The van der Waals surface area contributed by atoms with Gasteiger partial charge in [-0.05, 0) is 39.7 Å². The highest BCUT2D eigenvalue weighted by Crippen LogP contribution is 2.21. The van der Waals surface area contributed by atoms with Crippen LogP contribution >= 0.6 is 0 Å². The van der Waals surface area contributed by atoms with E-state index in [1.807, 2.05) is 24.8 Å². The molecule has 146 valence electrons. The van der Waals surface area contributed by atoms with Crippen LogP contribution < -0.4 is 5.32 Å². The minimum absolute atomic E-state index is 0.227. The van der Waals surface area contributed by atoms with Crippen LogP contribution in [0.5, 0.6) is 0 Å². The highest BCUT2D eigenvalue weighted by molar-refractivity contribution is 5.78. The lowest BCUT2D eigenvalue weighted by molar-refractivity contribution is -0.127. The number of aryl methyl sites for hydroxylation is 2. The summed E-state index contributed by atoms with van der Waals surface area (Å²) in [6, 6.07) is 2.02. The number of carbonyl (C=O) groups is 1. The summed E-state index contributed by atoms with van der Waals surface area (Å²) in [7, 11) is 0. The third-order valence-electron chi connectivity index (χ3n) is 5.41. The summed E-state index contributed by atoms with van der Waals surface area (Å²) < 4.78 is 2.07. The number of nitrogens with one attached hydrogen (secondary N) is 1. The van der Waals surface area contributed by atoms with Gasteiger partial charge in [0.25, 0.3) is 0 Å². The highest BCUT2D eigenvalue weighted by Gasteiger charge is 2.19. The Hall–Kier alpha value is -2.44. The Morgan fingerprint density at radius 2 is 2.00 bits per heavy atom. The lowest BCUT2D eigenvalue weighted by atomic mass is 10.1. The maximum atomic E-state index is 11.7. The zero-order valence-corrected chi connectivity index (χ0v) is 17.0. The van der Waals surface area contributed by atoms with Crippen LogP contribution in [-0.2, 0) is 11.3 Å². The van der Waals surface area contributed by atoms with Gasteiger partial charge in [0.2, 0.25) is 5.91 Å². The second-order valence-corrected chi connectivity index (χ2v) is 7.52. The third-order valence-corrected chi connectivity index (χ3v) is 5.41. The molecule has 7 nitrogen and oxygen atoms in total. The fourth-order valence-electron chi connectivity index (χ4n) is 3.51. The van der Waals surface area contributed by atoms with Gasteiger partial charge in [-0.3, -0.25) is 9.48 Å². The summed E-state index contributed by atoms with van der Waals surface area (Å²) in [6.07, 6.45) is 1.65. The van der Waals surface area contributed by atoms with E-state index in [4.69, 9.17) is 0 Å². The van der Waals surface area contributed by atoms with Crippen LogP contribution in [0.4, 0.5) is 5.82 Å². The van der Waals surface area contributed by atoms with Crippen molar-refractivity contribution in [2.45, 2.75) is 59.9 Å². The van der Waals surface area contributed by atoms with Crippen LogP contribution in [0.15, 0.2) is 6.07 Å². The van der Waals surface area contributed by atoms with E-state index in [-0.39, 0.29) is 11.8 Å². The molecule has 0 bridgehead atoms. The molecule has 0 aliphatic carbocycles. The minimum atomic E-state index is 0.227. The van der Waals surface area contributed by atoms with E-state index in [0.717, 1.165) is 49.1 Å².